The number of hydrogen-bond donors (Lipinski definition) is 1. The molecule has 1 amide bonds. The van der Waals surface area contributed by atoms with Gasteiger partial charge in [-0.05, 0) is 50.8 Å². The van der Waals surface area contributed by atoms with Crippen LogP contribution in [0.1, 0.15) is 62.2 Å². The Labute approximate surface area is 174 Å². The van der Waals surface area contributed by atoms with Gasteiger partial charge in [-0.25, -0.2) is 0 Å². The number of nitrogens with zero attached hydrogens (tertiary/aromatic N) is 1. The van der Waals surface area contributed by atoms with Gasteiger partial charge in [0, 0.05) is 30.7 Å². The van der Waals surface area contributed by atoms with Crippen molar-refractivity contribution in [2.75, 3.05) is 13.1 Å². The predicted octanol–water partition coefficient (Wildman–Crippen LogP) is 5.20. The third-order valence-electron chi connectivity index (χ3n) is 5.80. The second-order valence-electron chi connectivity index (χ2n) is 8.12. The minimum Gasteiger partial charge on any atom is -0.489 e. The van der Waals surface area contributed by atoms with Crippen molar-refractivity contribution in [1.82, 2.24) is 10.2 Å². The molecule has 1 unspecified atom stereocenters. The molecular formula is C21H28ClF3N2O2. The molecule has 29 heavy (non-hydrogen) atoms. The fourth-order valence-corrected chi connectivity index (χ4v) is 4.38. The van der Waals surface area contributed by atoms with E-state index < -0.39 is 18.6 Å². The maximum atomic E-state index is 12.6. The first-order valence-electron chi connectivity index (χ1n) is 10.3. The van der Waals surface area contributed by atoms with Crippen molar-refractivity contribution < 1.29 is 22.7 Å². The highest BCUT2D eigenvalue weighted by Gasteiger charge is 2.34. The summed E-state index contributed by atoms with van der Waals surface area (Å²) < 4.78 is 43.7. The van der Waals surface area contributed by atoms with E-state index in [0.717, 1.165) is 25.7 Å². The minimum absolute atomic E-state index is 0.0972. The van der Waals surface area contributed by atoms with Crippen LogP contribution in [0.2, 0.25) is 5.02 Å². The average Bonchev–Trinajstić information content (AvgIpc) is 3.15. The maximum absolute atomic E-state index is 12.6. The third-order valence-corrected chi connectivity index (χ3v) is 6.10. The average molecular weight is 433 g/mol. The molecule has 1 saturated heterocycles. The standard InChI is InChI=1S/C21H28ClF3N2O2/c1-14(13-21(23,24)25)27-10-8-17(9-11-27)29-19-7-6-15(12-18(19)22)20(28)26-16-4-2-3-5-16/h6-7,12,14,16-17H,2-5,8-11,13H2,1H3,(H,26,28). The molecule has 0 aromatic heterocycles. The summed E-state index contributed by atoms with van der Waals surface area (Å²) in [5.74, 6) is 0.378. The van der Waals surface area contributed by atoms with Gasteiger partial charge in [0.05, 0.1) is 11.4 Å². The lowest BCUT2D eigenvalue weighted by Gasteiger charge is -2.36. The number of benzene rings is 1. The lowest BCUT2D eigenvalue weighted by molar-refractivity contribution is -0.147. The van der Waals surface area contributed by atoms with E-state index in [1.165, 1.54) is 0 Å². The Morgan fingerprint density at radius 1 is 1.24 bits per heavy atom. The minimum atomic E-state index is -4.15. The van der Waals surface area contributed by atoms with Gasteiger partial charge in [-0.2, -0.15) is 13.2 Å². The van der Waals surface area contributed by atoms with Gasteiger partial charge in [0.25, 0.3) is 5.91 Å². The number of likely N-dealkylation sites (tertiary alicyclic amines) is 1. The molecule has 1 atom stereocenters. The van der Waals surface area contributed by atoms with Crippen LogP contribution in [0.25, 0.3) is 0 Å². The first kappa shape index (κ1) is 22.2. The normalized spacial score (nSPS) is 20.6. The number of carbonyl (C=O) groups excluding carboxylic acids is 1. The number of amides is 1. The van der Waals surface area contributed by atoms with Crippen molar-refractivity contribution in [3.63, 3.8) is 0 Å². The lowest BCUT2D eigenvalue weighted by atomic mass is 10.0. The number of alkyl halides is 3. The van der Waals surface area contributed by atoms with Crippen molar-refractivity contribution in [2.24, 2.45) is 0 Å². The van der Waals surface area contributed by atoms with E-state index in [1.807, 2.05) is 4.90 Å². The fraction of sp³-hybridized carbons (Fsp3) is 0.667. The van der Waals surface area contributed by atoms with Gasteiger partial charge in [-0.3, -0.25) is 4.79 Å². The van der Waals surface area contributed by atoms with Gasteiger partial charge in [-0.1, -0.05) is 24.4 Å². The van der Waals surface area contributed by atoms with Crippen LogP contribution in [-0.2, 0) is 0 Å². The van der Waals surface area contributed by atoms with Crippen LogP contribution in [0.5, 0.6) is 5.75 Å². The summed E-state index contributed by atoms with van der Waals surface area (Å²) in [5, 5.41) is 3.40. The molecule has 1 aromatic rings. The first-order valence-corrected chi connectivity index (χ1v) is 10.7. The van der Waals surface area contributed by atoms with Crippen LogP contribution in [0.4, 0.5) is 13.2 Å². The van der Waals surface area contributed by atoms with E-state index in [0.29, 0.717) is 42.3 Å². The molecule has 162 valence electrons. The van der Waals surface area contributed by atoms with Crippen molar-refractivity contribution in [3.05, 3.63) is 28.8 Å². The third kappa shape index (κ3) is 6.51. The topological polar surface area (TPSA) is 41.6 Å². The highest BCUT2D eigenvalue weighted by atomic mass is 35.5. The summed E-state index contributed by atoms with van der Waals surface area (Å²) in [6.07, 6.45) is 0.562. The van der Waals surface area contributed by atoms with E-state index >= 15 is 0 Å². The van der Waals surface area contributed by atoms with Crippen LogP contribution in [0.15, 0.2) is 18.2 Å². The molecule has 8 heteroatoms. The predicted molar refractivity (Wildman–Crippen MR) is 107 cm³/mol. The molecule has 1 aliphatic carbocycles. The summed E-state index contributed by atoms with van der Waals surface area (Å²) in [6.45, 7) is 2.73. The summed E-state index contributed by atoms with van der Waals surface area (Å²) in [4.78, 5) is 14.2. The molecular weight excluding hydrogens is 405 g/mol. The van der Waals surface area contributed by atoms with Crippen LogP contribution in [0.3, 0.4) is 0 Å². The molecule has 1 heterocycles. The summed E-state index contributed by atoms with van der Waals surface area (Å²) in [7, 11) is 0. The quantitative estimate of drug-likeness (QED) is 0.672. The summed E-state index contributed by atoms with van der Waals surface area (Å²) in [5.41, 5.74) is 0.505. The van der Waals surface area contributed by atoms with Gasteiger partial charge in [-0.15, -0.1) is 0 Å². The maximum Gasteiger partial charge on any atom is 0.390 e. The van der Waals surface area contributed by atoms with Crippen molar-refractivity contribution in [3.8, 4) is 5.75 Å². The molecule has 0 radical (unpaired) electrons. The zero-order valence-corrected chi connectivity index (χ0v) is 17.4. The molecule has 1 aliphatic heterocycles. The fourth-order valence-electron chi connectivity index (χ4n) is 4.15. The number of halogens is 4. The Morgan fingerprint density at radius 3 is 2.48 bits per heavy atom. The Balaban J connectivity index is 1.50. The van der Waals surface area contributed by atoms with E-state index in [2.05, 4.69) is 5.32 Å². The molecule has 3 rings (SSSR count). The SMILES string of the molecule is CC(CC(F)(F)F)N1CCC(Oc2ccc(C(=O)NC3CCCC3)cc2Cl)CC1. The van der Waals surface area contributed by atoms with Crippen LogP contribution < -0.4 is 10.1 Å². The molecule has 1 aromatic carbocycles. The number of piperidine rings is 1. The highest BCUT2D eigenvalue weighted by Crippen LogP contribution is 2.30. The lowest BCUT2D eigenvalue weighted by Crippen LogP contribution is -2.44. The van der Waals surface area contributed by atoms with E-state index in [-0.39, 0.29) is 18.1 Å². The second kappa shape index (κ2) is 9.56. The summed E-state index contributed by atoms with van der Waals surface area (Å²) >= 11 is 6.32. The first-order chi connectivity index (χ1) is 13.7. The van der Waals surface area contributed by atoms with E-state index in [9.17, 15) is 18.0 Å². The molecule has 2 aliphatic rings. The second-order valence-corrected chi connectivity index (χ2v) is 8.53. The number of ether oxygens (including phenoxy) is 1. The van der Waals surface area contributed by atoms with Gasteiger partial charge >= 0.3 is 6.18 Å². The van der Waals surface area contributed by atoms with Crippen LogP contribution in [0, 0.1) is 0 Å². The zero-order valence-electron chi connectivity index (χ0n) is 16.6. The molecule has 2 fully saturated rings. The van der Waals surface area contributed by atoms with Gasteiger partial charge < -0.3 is 15.0 Å². The van der Waals surface area contributed by atoms with Crippen molar-refractivity contribution in [1.29, 1.82) is 0 Å². The van der Waals surface area contributed by atoms with Gasteiger partial charge in [0.15, 0.2) is 0 Å². The van der Waals surface area contributed by atoms with Crippen LogP contribution in [-0.4, -0.2) is 48.3 Å². The summed E-state index contributed by atoms with van der Waals surface area (Å²) in [6, 6.07) is 4.72. The van der Waals surface area contributed by atoms with Gasteiger partial charge in [0.1, 0.15) is 11.9 Å². The van der Waals surface area contributed by atoms with E-state index in [4.69, 9.17) is 16.3 Å². The number of rotatable bonds is 6. The van der Waals surface area contributed by atoms with Gasteiger partial charge in [0.2, 0.25) is 0 Å². The largest absolute Gasteiger partial charge is 0.489 e. The van der Waals surface area contributed by atoms with Crippen LogP contribution >= 0.6 is 11.6 Å². The van der Waals surface area contributed by atoms with Crippen molar-refractivity contribution in [2.45, 2.75) is 76.2 Å². The monoisotopic (exact) mass is 432 g/mol. The zero-order chi connectivity index (χ0) is 21.0. The Hall–Kier alpha value is -1.47. The smallest absolute Gasteiger partial charge is 0.390 e. The van der Waals surface area contributed by atoms with Crippen molar-refractivity contribution >= 4 is 17.5 Å². The molecule has 4 nitrogen and oxygen atoms in total. The molecule has 0 bridgehead atoms. The Kier molecular flexibility index (Phi) is 7.32. The number of carbonyl (C=O) groups is 1. The molecule has 1 N–H and O–H groups in total. The highest BCUT2D eigenvalue weighted by molar-refractivity contribution is 6.32. The Morgan fingerprint density at radius 2 is 1.90 bits per heavy atom. The molecule has 0 spiro atoms. The number of hydrogen-bond acceptors (Lipinski definition) is 3. The van der Waals surface area contributed by atoms with E-state index in [1.54, 1.807) is 25.1 Å². The molecule has 1 saturated carbocycles. The Bertz CT molecular complexity index is 700. The number of nitrogens with one attached hydrogen (secondary N) is 1.